The number of benzene rings is 7. The molecule has 14 nitrogen and oxygen atoms in total. The Hall–Kier alpha value is -7.68. The number of amides is 2. The third-order valence-electron chi connectivity index (χ3n) is 10.1. The summed E-state index contributed by atoms with van der Waals surface area (Å²) < 4.78 is 10.6. The summed E-state index contributed by atoms with van der Waals surface area (Å²) in [6, 6.07) is 29.3. The lowest BCUT2D eigenvalue weighted by Crippen LogP contribution is -2.14. The molecule has 0 fully saturated rings. The molecule has 0 atom stereocenters. The molecular weight excluding hydrogens is 883 g/mol. The molecular formula is C50H42Cl2N6O8. The van der Waals surface area contributed by atoms with Gasteiger partial charge in [0.05, 0.1) is 67.3 Å². The summed E-state index contributed by atoms with van der Waals surface area (Å²) in [5.74, 6) is -3.53. The zero-order valence-electron chi connectivity index (χ0n) is 36.4. The number of azo groups is 2. The van der Waals surface area contributed by atoms with Gasteiger partial charge in [-0.2, -0.15) is 10.2 Å². The lowest BCUT2D eigenvalue weighted by molar-refractivity contribution is 0.0367. The van der Waals surface area contributed by atoms with Crippen molar-refractivity contribution < 1.29 is 38.9 Å². The number of nitrogens with one attached hydrogen (secondary N) is 2. The number of nitrogens with zero attached hydrogens (tertiary/aromatic N) is 4. The summed E-state index contributed by atoms with van der Waals surface area (Å²) in [6.45, 7) is 10.6. The molecule has 0 unspecified atom stereocenters. The number of carbonyl (C=O) groups is 4. The van der Waals surface area contributed by atoms with Crippen molar-refractivity contribution >= 4 is 103 Å². The van der Waals surface area contributed by atoms with E-state index < -0.39 is 35.3 Å². The maximum Gasteiger partial charge on any atom is 0.338 e. The minimum atomic E-state index is -0.765. The van der Waals surface area contributed by atoms with Gasteiger partial charge < -0.3 is 30.3 Å². The van der Waals surface area contributed by atoms with Crippen molar-refractivity contribution in [1.82, 2.24) is 0 Å². The van der Waals surface area contributed by atoms with Gasteiger partial charge in [-0.05, 0) is 112 Å². The van der Waals surface area contributed by atoms with Gasteiger partial charge in [0.25, 0.3) is 11.8 Å². The lowest BCUT2D eigenvalue weighted by atomic mass is 10.0. The van der Waals surface area contributed by atoms with E-state index in [0.29, 0.717) is 44.0 Å². The summed E-state index contributed by atoms with van der Waals surface area (Å²) in [5.41, 5.74) is 2.43. The fourth-order valence-corrected chi connectivity index (χ4v) is 7.18. The number of halogens is 2. The van der Waals surface area contributed by atoms with E-state index in [4.69, 9.17) is 32.7 Å². The highest BCUT2D eigenvalue weighted by Gasteiger charge is 2.23. The Morgan fingerprint density at radius 3 is 1.29 bits per heavy atom. The van der Waals surface area contributed by atoms with Crippen LogP contribution in [0.25, 0.3) is 21.5 Å². The number of phenols is 2. The fourth-order valence-electron chi connectivity index (χ4n) is 6.76. The average molecular weight is 926 g/mol. The number of fused-ring (bicyclic) bond motifs is 2. The zero-order valence-corrected chi connectivity index (χ0v) is 37.9. The Morgan fingerprint density at radius 1 is 0.530 bits per heavy atom. The summed E-state index contributed by atoms with van der Waals surface area (Å²) in [5, 5.41) is 47.9. The molecule has 2 amide bonds. The number of phenolic OH excluding ortho intramolecular Hbond substituents is 2. The van der Waals surface area contributed by atoms with Crippen molar-refractivity contribution in [1.29, 1.82) is 0 Å². The molecule has 66 heavy (non-hydrogen) atoms. The van der Waals surface area contributed by atoms with Crippen LogP contribution in [-0.4, -0.2) is 46.2 Å². The van der Waals surface area contributed by atoms with Crippen LogP contribution in [0.2, 0.25) is 10.0 Å². The number of esters is 2. The maximum atomic E-state index is 13.9. The lowest BCUT2D eigenvalue weighted by Gasteiger charge is -2.15. The highest BCUT2D eigenvalue weighted by Crippen LogP contribution is 2.43. The second-order valence-corrected chi connectivity index (χ2v) is 16.5. The van der Waals surface area contributed by atoms with E-state index >= 15 is 0 Å². The molecule has 334 valence electrons. The normalized spacial score (nSPS) is 11.5. The van der Waals surface area contributed by atoms with Crippen molar-refractivity contribution in [3.8, 4) is 11.5 Å². The molecule has 16 heteroatoms. The van der Waals surface area contributed by atoms with Crippen LogP contribution in [0.15, 0.2) is 130 Å². The van der Waals surface area contributed by atoms with E-state index in [0.717, 1.165) is 0 Å². The molecule has 0 aliphatic heterocycles. The first kappa shape index (κ1) is 46.3. The maximum absolute atomic E-state index is 13.9. The quantitative estimate of drug-likeness (QED) is 0.0684. The van der Waals surface area contributed by atoms with Crippen LogP contribution in [0, 0.1) is 13.8 Å². The standard InChI is InChI=1S/C50H42Cl2N6O8/c1-25(2)65-49(63)31-17-15-27(5)39(21-31)55-57-43-33-13-9-7-11-29(33)19-35(45(43)59)47(61)53-41-23-38(52)42(24-37(41)51)54-48(62)36-20-30-12-8-10-14-34(30)44(46(36)60)58-56-40-22-32(18-16-28(40)6)50(64)66-26(3)4/h7-26,59-60H,1-6H3,(H,53,61)(H,54,62)/b57-55+,58-56+. The number of anilines is 2. The molecule has 7 rings (SSSR count). The molecule has 0 radical (unpaired) electrons. The van der Waals surface area contributed by atoms with Gasteiger partial charge in [0, 0.05) is 10.8 Å². The Morgan fingerprint density at radius 2 is 0.909 bits per heavy atom. The Bertz CT molecular complexity index is 2960. The fraction of sp³-hybridized carbons (Fsp3) is 0.160. The van der Waals surface area contributed by atoms with E-state index in [-0.39, 0.29) is 67.3 Å². The molecule has 0 aliphatic carbocycles. The molecule has 0 aliphatic rings. The minimum Gasteiger partial charge on any atom is -0.505 e. The summed E-state index contributed by atoms with van der Waals surface area (Å²) in [7, 11) is 0. The van der Waals surface area contributed by atoms with Crippen molar-refractivity contribution in [3.05, 3.63) is 153 Å². The van der Waals surface area contributed by atoms with Gasteiger partial charge in [-0.15, -0.1) is 10.2 Å². The van der Waals surface area contributed by atoms with Gasteiger partial charge in [0.1, 0.15) is 11.4 Å². The smallest absolute Gasteiger partial charge is 0.338 e. The first-order valence-corrected chi connectivity index (χ1v) is 21.3. The monoisotopic (exact) mass is 924 g/mol. The SMILES string of the molecule is Cc1ccc(C(=O)OC(C)C)cc1/N=N/c1c(O)c(C(=O)Nc2cc(Cl)c(NC(=O)c3cc4ccccc4c(/N=N/c4cc(C(=O)OC(C)C)ccc4C)c3O)cc2Cl)cc2ccccc12. The predicted octanol–water partition coefficient (Wildman–Crippen LogP) is 13.8. The number of aromatic hydroxyl groups is 2. The Labute approximate surface area is 388 Å². The van der Waals surface area contributed by atoms with Crippen LogP contribution < -0.4 is 10.6 Å². The van der Waals surface area contributed by atoms with E-state index in [9.17, 15) is 29.4 Å². The van der Waals surface area contributed by atoms with Crippen LogP contribution in [0.4, 0.5) is 34.1 Å². The van der Waals surface area contributed by atoms with Crippen LogP contribution in [0.3, 0.4) is 0 Å². The molecule has 0 aromatic heterocycles. The third kappa shape index (κ3) is 10.1. The molecule has 0 saturated carbocycles. The van der Waals surface area contributed by atoms with Crippen LogP contribution >= 0.6 is 23.2 Å². The van der Waals surface area contributed by atoms with Crippen molar-refractivity contribution in [3.63, 3.8) is 0 Å². The van der Waals surface area contributed by atoms with Gasteiger partial charge in [-0.1, -0.05) is 83.9 Å². The summed E-state index contributed by atoms with van der Waals surface area (Å²) in [4.78, 5) is 52.9. The zero-order chi connectivity index (χ0) is 47.4. The average Bonchev–Trinajstić information content (AvgIpc) is 3.27. The molecule has 0 saturated heterocycles. The molecule has 0 spiro atoms. The van der Waals surface area contributed by atoms with Crippen LogP contribution in [0.5, 0.6) is 11.5 Å². The van der Waals surface area contributed by atoms with Crippen LogP contribution in [0.1, 0.15) is 80.3 Å². The molecule has 4 N–H and O–H groups in total. The Balaban J connectivity index is 1.15. The third-order valence-corrected chi connectivity index (χ3v) is 10.7. The number of hydrogen-bond donors (Lipinski definition) is 4. The second kappa shape index (κ2) is 19.6. The highest BCUT2D eigenvalue weighted by atomic mass is 35.5. The molecule has 7 aromatic rings. The number of hydrogen-bond acceptors (Lipinski definition) is 12. The molecule has 7 aromatic carbocycles. The number of carbonyl (C=O) groups excluding carboxylic acids is 4. The van der Waals surface area contributed by atoms with Crippen molar-refractivity contribution in [2.24, 2.45) is 20.5 Å². The minimum absolute atomic E-state index is 0.00424. The van der Waals surface area contributed by atoms with Crippen LogP contribution in [-0.2, 0) is 9.47 Å². The number of ether oxygens (including phenoxy) is 2. The molecule has 0 heterocycles. The topological polar surface area (TPSA) is 201 Å². The first-order valence-electron chi connectivity index (χ1n) is 20.6. The van der Waals surface area contributed by atoms with E-state index in [2.05, 4.69) is 31.1 Å². The van der Waals surface area contributed by atoms with E-state index in [1.807, 2.05) is 0 Å². The van der Waals surface area contributed by atoms with Gasteiger partial charge in [-0.3, -0.25) is 9.59 Å². The predicted molar refractivity (Wildman–Crippen MR) is 255 cm³/mol. The summed E-state index contributed by atoms with van der Waals surface area (Å²) in [6.07, 6.45) is -0.650. The molecule has 0 bridgehead atoms. The van der Waals surface area contributed by atoms with Gasteiger partial charge >= 0.3 is 11.9 Å². The van der Waals surface area contributed by atoms with Crippen molar-refractivity contribution in [2.45, 2.75) is 53.8 Å². The first-order chi connectivity index (χ1) is 31.5. The Kier molecular flexibility index (Phi) is 13.8. The largest absolute Gasteiger partial charge is 0.505 e. The van der Waals surface area contributed by atoms with E-state index in [1.54, 1.807) is 114 Å². The van der Waals surface area contributed by atoms with Gasteiger partial charge in [0.2, 0.25) is 0 Å². The van der Waals surface area contributed by atoms with Gasteiger partial charge in [0.15, 0.2) is 11.5 Å². The second-order valence-electron chi connectivity index (χ2n) is 15.7. The number of rotatable bonds is 12. The highest BCUT2D eigenvalue weighted by molar-refractivity contribution is 6.38. The number of aryl methyl sites for hydroxylation is 2. The van der Waals surface area contributed by atoms with E-state index in [1.165, 1.54) is 36.4 Å². The van der Waals surface area contributed by atoms with Crippen molar-refractivity contribution in [2.75, 3.05) is 10.6 Å². The summed E-state index contributed by atoms with van der Waals surface area (Å²) >= 11 is 13.3. The van der Waals surface area contributed by atoms with Gasteiger partial charge in [-0.25, -0.2) is 9.59 Å².